The molecule has 0 saturated heterocycles. The van der Waals surface area contributed by atoms with Crippen molar-refractivity contribution < 1.29 is 24.2 Å². The Bertz CT molecular complexity index is 779. The van der Waals surface area contributed by atoms with Crippen molar-refractivity contribution in [1.82, 2.24) is 0 Å². The lowest BCUT2D eigenvalue weighted by Gasteiger charge is -2.14. The van der Waals surface area contributed by atoms with E-state index >= 15 is 0 Å². The highest BCUT2D eigenvalue weighted by Gasteiger charge is 2.22. The van der Waals surface area contributed by atoms with Crippen LogP contribution >= 0.6 is 0 Å². The predicted molar refractivity (Wildman–Crippen MR) is 89.8 cm³/mol. The summed E-state index contributed by atoms with van der Waals surface area (Å²) in [5, 5.41) is 9.86. The number of aromatic hydroxyl groups is 1. The zero-order valence-electron chi connectivity index (χ0n) is 14.1. The first kappa shape index (κ1) is 17.5. The molecule has 0 unspecified atom stereocenters. The highest BCUT2D eigenvalue weighted by Crippen LogP contribution is 2.24. The number of methoxy groups -OCH3 is 1. The zero-order valence-corrected chi connectivity index (χ0v) is 14.1. The van der Waals surface area contributed by atoms with Crippen LogP contribution in [0.1, 0.15) is 38.8 Å². The molecule has 0 spiro atoms. The summed E-state index contributed by atoms with van der Waals surface area (Å²) in [5.74, 6) is -0.896. The Morgan fingerprint density at radius 2 is 1.75 bits per heavy atom. The fraction of sp³-hybridized carbons (Fsp3) is 0.263. The van der Waals surface area contributed by atoms with E-state index in [0.29, 0.717) is 11.3 Å². The quantitative estimate of drug-likeness (QED) is 0.672. The molecule has 5 nitrogen and oxygen atoms in total. The van der Waals surface area contributed by atoms with Crippen molar-refractivity contribution in [2.45, 2.75) is 26.9 Å². The summed E-state index contributed by atoms with van der Waals surface area (Å²) in [6.07, 6.45) is -0.957. The minimum absolute atomic E-state index is 0.0180. The molecule has 1 atom stereocenters. The topological polar surface area (TPSA) is 72.8 Å². The minimum atomic E-state index is -0.957. The Balaban J connectivity index is 2.13. The van der Waals surface area contributed by atoms with Gasteiger partial charge in [0.1, 0.15) is 17.1 Å². The molecule has 0 saturated carbocycles. The van der Waals surface area contributed by atoms with Crippen LogP contribution in [0.25, 0.3) is 0 Å². The van der Waals surface area contributed by atoms with Gasteiger partial charge in [0.2, 0.25) is 5.78 Å². The smallest absolute Gasteiger partial charge is 0.342 e. The Kier molecular flexibility index (Phi) is 5.24. The second kappa shape index (κ2) is 7.17. The lowest BCUT2D eigenvalue weighted by Crippen LogP contribution is -2.24. The van der Waals surface area contributed by atoms with E-state index in [1.54, 1.807) is 12.1 Å². The molecular weight excluding hydrogens is 308 g/mol. The minimum Gasteiger partial charge on any atom is -0.507 e. The number of esters is 1. The van der Waals surface area contributed by atoms with Crippen molar-refractivity contribution in [3.8, 4) is 11.5 Å². The van der Waals surface area contributed by atoms with Crippen LogP contribution in [0.2, 0.25) is 0 Å². The molecule has 0 aliphatic rings. The maximum Gasteiger partial charge on any atom is 0.342 e. The number of rotatable bonds is 5. The summed E-state index contributed by atoms with van der Waals surface area (Å²) in [5.41, 5.74) is 2.54. The SMILES string of the molecule is COc1ccc(C(=O)O[C@H](C)C(=O)c2ccc(C)c(C)c2)c(O)c1. The first-order valence-corrected chi connectivity index (χ1v) is 7.53. The van der Waals surface area contributed by atoms with Gasteiger partial charge < -0.3 is 14.6 Å². The molecule has 2 rings (SSSR count). The molecule has 24 heavy (non-hydrogen) atoms. The molecule has 1 N–H and O–H groups in total. The van der Waals surface area contributed by atoms with Crippen LogP contribution in [0.4, 0.5) is 0 Å². The average molecular weight is 328 g/mol. The summed E-state index contributed by atoms with van der Waals surface area (Å²) >= 11 is 0. The second-order valence-corrected chi connectivity index (χ2v) is 5.59. The largest absolute Gasteiger partial charge is 0.507 e. The number of ether oxygens (including phenoxy) is 2. The lowest BCUT2D eigenvalue weighted by molar-refractivity contribution is 0.0316. The maximum absolute atomic E-state index is 12.4. The number of carbonyl (C=O) groups is 2. The van der Waals surface area contributed by atoms with Gasteiger partial charge in [-0.1, -0.05) is 12.1 Å². The summed E-state index contributed by atoms with van der Waals surface area (Å²) in [7, 11) is 1.46. The molecule has 0 aliphatic carbocycles. The van der Waals surface area contributed by atoms with Crippen LogP contribution in [-0.2, 0) is 4.74 Å². The molecule has 0 aliphatic heterocycles. The van der Waals surface area contributed by atoms with Crippen LogP contribution in [0.5, 0.6) is 11.5 Å². The first-order valence-electron chi connectivity index (χ1n) is 7.53. The number of aryl methyl sites for hydroxylation is 2. The number of ketones is 1. The van der Waals surface area contributed by atoms with Gasteiger partial charge in [0.25, 0.3) is 0 Å². The molecule has 2 aromatic carbocycles. The number of carbonyl (C=O) groups excluding carboxylic acids is 2. The van der Waals surface area contributed by atoms with Crippen LogP contribution in [0, 0.1) is 13.8 Å². The molecule has 2 aromatic rings. The van der Waals surface area contributed by atoms with E-state index in [0.717, 1.165) is 11.1 Å². The van der Waals surface area contributed by atoms with Crippen molar-refractivity contribution in [2.24, 2.45) is 0 Å². The van der Waals surface area contributed by atoms with Crippen LogP contribution in [0.3, 0.4) is 0 Å². The van der Waals surface area contributed by atoms with Gasteiger partial charge in [-0.05, 0) is 50.1 Å². The highest BCUT2D eigenvalue weighted by atomic mass is 16.5. The average Bonchev–Trinajstić information content (AvgIpc) is 2.56. The van der Waals surface area contributed by atoms with Gasteiger partial charge in [0.05, 0.1) is 7.11 Å². The van der Waals surface area contributed by atoms with E-state index in [9.17, 15) is 14.7 Å². The molecular formula is C19H20O5. The molecule has 0 amide bonds. The summed E-state index contributed by atoms with van der Waals surface area (Å²) in [4.78, 5) is 24.6. The van der Waals surface area contributed by atoms with Crippen LogP contribution in [0.15, 0.2) is 36.4 Å². The predicted octanol–water partition coefficient (Wildman–Crippen LogP) is 3.45. The molecule has 0 heterocycles. The summed E-state index contributed by atoms with van der Waals surface area (Å²) in [6.45, 7) is 5.38. The van der Waals surface area contributed by atoms with Gasteiger partial charge in [0, 0.05) is 11.6 Å². The number of hydrogen-bond acceptors (Lipinski definition) is 5. The highest BCUT2D eigenvalue weighted by molar-refractivity contribution is 6.02. The fourth-order valence-corrected chi connectivity index (χ4v) is 2.22. The standard InChI is InChI=1S/C19H20O5/c1-11-5-6-14(9-12(11)2)18(21)13(3)24-19(22)16-8-7-15(23-4)10-17(16)20/h5-10,13,20H,1-4H3/t13-/m1/s1. The molecule has 5 heteroatoms. The van der Waals surface area contributed by atoms with E-state index in [4.69, 9.17) is 9.47 Å². The van der Waals surface area contributed by atoms with E-state index in [1.165, 1.54) is 32.2 Å². The second-order valence-electron chi connectivity index (χ2n) is 5.59. The molecule has 0 fully saturated rings. The Morgan fingerprint density at radius 3 is 2.33 bits per heavy atom. The van der Waals surface area contributed by atoms with Crippen molar-refractivity contribution in [2.75, 3.05) is 7.11 Å². The molecule has 0 radical (unpaired) electrons. The lowest BCUT2D eigenvalue weighted by atomic mass is 10.0. The number of phenols is 1. The van der Waals surface area contributed by atoms with Gasteiger partial charge in [-0.15, -0.1) is 0 Å². The van der Waals surface area contributed by atoms with E-state index < -0.39 is 12.1 Å². The first-order chi connectivity index (χ1) is 11.3. The van der Waals surface area contributed by atoms with E-state index in [2.05, 4.69) is 0 Å². The Hall–Kier alpha value is -2.82. The molecule has 0 bridgehead atoms. The maximum atomic E-state index is 12.4. The van der Waals surface area contributed by atoms with Gasteiger partial charge in [0.15, 0.2) is 6.10 Å². The number of Topliss-reactive ketones (excluding diaryl/α,β-unsaturated/α-hetero) is 1. The van der Waals surface area contributed by atoms with Crippen molar-refractivity contribution in [1.29, 1.82) is 0 Å². The third-order valence-electron chi connectivity index (χ3n) is 3.87. The van der Waals surface area contributed by atoms with Gasteiger partial charge in [-0.3, -0.25) is 4.79 Å². The van der Waals surface area contributed by atoms with Crippen LogP contribution in [-0.4, -0.2) is 30.1 Å². The van der Waals surface area contributed by atoms with Crippen molar-refractivity contribution >= 4 is 11.8 Å². The van der Waals surface area contributed by atoms with E-state index in [-0.39, 0.29) is 17.1 Å². The number of benzene rings is 2. The van der Waals surface area contributed by atoms with Crippen molar-refractivity contribution in [3.05, 3.63) is 58.7 Å². The molecule has 126 valence electrons. The molecule has 0 aromatic heterocycles. The third kappa shape index (κ3) is 3.74. The van der Waals surface area contributed by atoms with E-state index in [1.807, 2.05) is 19.9 Å². The summed E-state index contributed by atoms with van der Waals surface area (Å²) in [6, 6.07) is 9.57. The fourth-order valence-electron chi connectivity index (χ4n) is 2.22. The number of hydrogen-bond donors (Lipinski definition) is 1. The third-order valence-corrected chi connectivity index (χ3v) is 3.87. The Labute approximate surface area is 140 Å². The normalized spacial score (nSPS) is 11.7. The van der Waals surface area contributed by atoms with Gasteiger partial charge in [-0.2, -0.15) is 0 Å². The monoisotopic (exact) mass is 328 g/mol. The zero-order chi connectivity index (χ0) is 17.9. The Morgan fingerprint density at radius 1 is 1.04 bits per heavy atom. The van der Waals surface area contributed by atoms with Gasteiger partial charge in [-0.25, -0.2) is 4.79 Å². The van der Waals surface area contributed by atoms with Crippen molar-refractivity contribution in [3.63, 3.8) is 0 Å². The van der Waals surface area contributed by atoms with Crippen LogP contribution < -0.4 is 4.74 Å². The number of phenolic OH excluding ortho intramolecular Hbond substituents is 1. The van der Waals surface area contributed by atoms with Gasteiger partial charge >= 0.3 is 5.97 Å². The summed E-state index contributed by atoms with van der Waals surface area (Å²) < 4.78 is 10.1.